The van der Waals surface area contributed by atoms with Gasteiger partial charge in [0.1, 0.15) is 0 Å². The number of aliphatic hydroxyl groups is 1. The zero-order valence-corrected chi connectivity index (χ0v) is 10.1. The molecule has 0 aromatic heterocycles. The van der Waals surface area contributed by atoms with Gasteiger partial charge in [-0.1, -0.05) is 45.0 Å². The maximum Gasteiger partial charge on any atom is 0.0948 e. The fraction of sp³-hybridized carbons (Fsp3) is 0.500. The predicted molar refractivity (Wildman–Crippen MR) is 64.9 cm³/mol. The number of rotatable bonds is 4. The van der Waals surface area contributed by atoms with Gasteiger partial charge in [0.15, 0.2) is 0 Å². The van der Waals surface area contributed by atoms with Crippen LogP contribution in [0.5, 0.6) is 0 Å². The van der Waals surface area contributed by atoms with Gasteiger partial charge in [0.25, 0.3) is 0 Å². The number of aliphatic hydroxyl groups excluding tert-OH is 1. The van der Waals surface area contributed by atoms with Crippen LogP contribution in [0, 0.1) is 17.2 Å². The summed E-state index contributed by atoms with van der Waals surface area (Å²) in [4.78, 5) is 0. The fourth-order valence-corrected chi connectivity index (χ4v) is 1.70. The van der Waals surface area contributed by atoms with E-state index in [1.165, 1.54) is 5.56 Å². The van der Waals surface area contributed by atoms with Gasteiger partial charge in [0.05, 0.1) is 18.1 Å². The number of hydrogen-bond donors (Lipinski definition) is 1. The molecule has 2 atom stereocenters. The lowest BCUT2D eigenvalue weighted by Gasteiger charge is -2.16. The molecule has 2 heteroatoms. The molecule has 16 heavy (non-hydrogen) atoms. The van der Waals surface area contributed by atoms with Crippen molar-refractivity contribution < 1.29 is 5.11 Å². The van der Waals surface area contributed by atoms with Crippen LogP contribution in [0.25, 0.3) is 0 Å². The summed E-state index contributed by atoms with van der Waals surface area (Å²) in [7, 11) is 0. The Hall–Kier alpha value is -1.33. The standard InChI is InChI=1S/C14H19NO/c1-4-11(9-15)14(16)13-7-5-12(6-8-13)10(2)3/h5-8,10-11,14,16H,4H2,1-3H3. The van der Waals surface area contributed by atoms with Gasteiger partial charge >= 0.3 is 0 Å². The number of benzene rings is 1. The topological polar surface area (TPSA) is 44.0 Å². The minimum atomic E-state index is -0.670. The Morgan fingerprint density at radius 3 is 2.06 bits per heavy atom. The Morgan fingerprint density at radius 2 is 1.69 bits per heavy atom. The zero-order valence-electron chi connectivity index (χ0n) is 10.1. The third-order valence-electron chi connectivity index (χ3n) is 2.93. The monoisotopic (exact) mass is 217 g/mol. The molecule has 1 aromatic carbocycles. The molecule has 2 nitrogen and oxygen atoms in total. The molecule has 0 spiro atoms. The Balaban J connectivity index is 2.85. The Labute approximate surface area is 97.5 Å². The quantitative estimate of drug-likeness (QED) is 0.840. The minimum Gasteiger partial charge on any atom is -0.387 e. The van der Waals surface area contributed by atoms with E-state index in [4.69, 9.17) is 5.26 Å². The molecule has 0 fully saturated rings. The maximum atomic E-state index is 9.99. The van der Waals surface area contributed by atoms with Crippen molar-refractivity contribution in [1.29, 1.82) is 5.26 Å². The summed E-state index contributed by atoms with van der Waals surface area (Å²) >= 11 is 0. The van der Waals surface area contributed by atoms with Crippen LogP contribution in [0.1, 0.15) is 50.3 Å². The molecule has 0 bridgehead atoms. The summed E-state index contributed by atoms with van der Waals surface area (Å²) < 4.78 is 0. The molecular formula is C14H19NO. The highest BCUT2D eigenvalue weighted by atomic mass is 16.3. The van der Waals surface area contributed by atoms with Crippen LogP contribution in [0.2, 0.25) is 0 Å². The second-order valence-electron chi connectivity index (χ2n) is 4.41. The van der Waals surface area contributed by atoms with E-state index in [9.17, 15) is 5.11 Å². The van der Waals surface area contributed by atoms with Crippen molar-refractivity contribution >= 4 is 0 Å². The van der Waals surface area contributed by atoms with E-state index < -0.39 is 6.10 Å². The van der Waals surface area contributed by atoms with Crippen molar-refractivity contribution in [3.8, 4) is 6.07 Å². The molecule has 0 saturated heterocycles. The lowest BCUT2D eigenvalue weighted by molar-refractivity contribution is 0.133. The van der Waals surface area contributed by atoms with Crippen LogP contribution in [0.3, 0.4) is 0 Å². The van der Waals surface area contributed by atoms with E-state index in [1.807, 2.05) is 31.2 Å². The highest BCUT2D eigenvalue weighted by Gasteiger charge is 2.18. The summed E-state index contributed by atoms with van der Waals surface area (Å²) in [5.41, 5.74) is 2.08. The molecule has 0 saturated carbocycles. The molecule has 1 rings (SSSR count). The van der Waals surface area contributed by atoms with Crippen molar-refractivity contribution in [2.75, 3.05) is 0 Å². The van der Waals surface area contributed by atoms with E-state index in [2.05, 4.69) is 19.9 Å². The van der Waals surface area contributed by atoms with Crippen molar-refractivity contribution in [2.45, 2.75) is 39.2 Å². The summed E-state index contributed by atoms with van der Waals surface area (Å²) in [6, 6.07) is 10.0. The van der Waals surface area contributed by atoms with Gasteiger partial charge in [-0.05, 0) is 23.5 Å². The van der Waals surface area contributed by atoms with E-state index in [0.29, 0.717) is 12.3 Å². The molecule has 0 amide bonds. The van der Waals surface area contributed by atoms with Gasteiger partial charge in [-0.15, -0.1) is 0 Å². The van der Waals surface area contributed by atoms with Crippen LogP contribution in [0.15, 0.2) is 24.3 Å². The van der Waals surface area contributed by atoms with Gasteiger partial charge < -0.3 is 5.11 Å². The van der Waals surface area contributed by atoms with Crippen LogP contribution < -0.4 is 0 Å². The summed E-state index contributed by atoms with van der Waals surface area (Å²) in [5, 5.41) is 18.9. The summed E-state index contributed by atoms with van der Waals surface area (Å²) in [6.45, 7) is 6.19. The smallest absolute Gasteiger partial charge is 0.0948 e. The Morgan fingerprint density at radius 1 is 1.19 bits per heavy atom. The van der Waals surface area contributed by atoms with Crippen LogP contribution in [-0.2, 0) is 0 Å². The largest absolute Gasteiger partial charge is 0.387 e. The summed E-state index contributed by atoms with van der Waals surface area (Å²) in [6.07, 6.45) is 0.0000629. The Kier molecular flexibility index (Phi) is 4.52. The predicted octanol–water partition coefficient (Wildman–Crippen LogP) is 3.39. The first kappa shape index (κ1) is 12.7. The molecule has 0 aliphatic carbocycles. The minimum absolute atomic E-state index is 0.315. The van der Waals surface area contributed by atoms with Gasteiger partial charge in [0, 0.05) is 0 Å². The van der Waals surface area contributed by atoms with Crippen molar-refractivity contribution in [2.24, 2.45) is 5.92 Å². The lowest BCUT2D eigenvalue weighted by Crippen LogP contribution is -2.09. The van der Waals surface area contributed by atoms with Crippen molar-refractivity contribution in [1.82, 2.24) is 0 Å². The first-order valence-corrected chi connectivity index (χ1v) is 5.77. The van der Waals surface area contributed by atoms with E-state index >= 15 is 0 Å². The second kappa shape index (κ2) is 5.67. The maximum absolute atomic E-state index is 9.99. The van der Waals surface area contributed by atoms with Crippen molar-refractivity contribution in [3.05, 3.63) is 35.4 Å². The number of nitrogens with zero attached hydrogens (tertiary/aromatic N) is 1. The van der Waals surface area contributed by atoms with E-state index in [1.54, 1.807) is 0 Å². The number of nitriles is 1. The fourth-order valence-electron chi connectivity index (χ4n) is 1.70. The molecule has 1 aromatic rings. The highest BCUT2D eigenvalue weighted by molar-refractivity contribution is 5.27. The molecule has 0 aliphatic heterocycles. The van der Waals surface area contributed by atoms with Gasteiger partial charge in [-0.3, -0.25) is 0 Å². The molecular weight excluding hydrogens is 198 g/mol. The van der Waals surface area contributed by atoms with Gasteiger partial charge in [-0.25, -0.2) is 0 Å². The molecule has 0 heterocycles. The molecule has 1 N–H and O–H groups in total. The average Bonchev–Trinajstić information content (AvgIpc) is 2.30. The van der Waals surface area contributed by atoms with Crippen LogP contribution in [0.4, 0.5) is 0 Å². The first-order valence-electron chi connectivity index (χ1n) is 5.77. The first-order chi connectivity index (χ1) is 7.60. The van der Waals surface area contributed by atoms with E-state index in [0.717, 1.165) is 5.56 Å². The third-order valence-corrected chi connectivity index (χ3v) is 2.93. The summed E-state index contributed by atoms with van der Waals surface area (Å²) in [5.74, 6) is 0.175. The molecule has 86 valence electrons. The lowest BCUT2D eigenvalue weighted by atomic mass is 9.93. The normalized spacial score (nSPS) is 14.5. The van der Waals surface area contributed by atoms with Gasteiger partial charge in [0.2, 0.25) is 0 Å². The third kappa shape index (κ3) is 2.84. The Bertz CT molecular complexity index is 361. The van der Waals surface area contributed by atoms with Crippen molar-refractivity contribution in [3.63, 3.8) is 0 Å². The van der Waals surface area contributed by atoms with Gasteiger partial charge in [-0.2, -0.15) is 5.26 Å². The highest BCUT2D eigenvalue weighted by Crippen LogP contribution is 2.25. The van der Waals surface area contributed by atoms with Crippen LogP contribution in [-0.4, -0.2) is 5.11 Å². The van der Waals surface area contributed by atoms with E-state index in [-0.39, 0.29) is 5.92 Å². The SMILES string of the molecule is CCC(C#N)C(O)c1ccc(C(C)C)cc1. The average molecular weight is 217 g/mol. The molecule has 0 aliphatic rings. The van der Waals surface area contributed by atoms with Crippen LogP contribution >= 0.6 is 0 Å². The molecule has 0 radical (unpaired) electrons. The second-order valence-corrected chi connectivity index (χ2v) is 4.41. The number of hydrogen-bond acceptors (Lipinski definition) is 2. The molecule has 2 unspecified atom stereocenters. The zero-order chi connectivity index (χ0) is 12.1.